The van der Waals surface area contributed by atoms with Crippen LogP contribution in [-0.4, -0.2) is 48.9 Å². The van der Waals surface area contributed by atoms with Crippen LogP contribution in [0.15, 0.2) is 53.3 Å². The van der Waals surface area contributed by atoms with E-state index >= 15 is 0 Å². The van der Waals surface area contributed by atoms with Crippen molar-refractivity contribution >= 4 is 17.1 Å². The minimum absolute atomic E-state index is 0.123. The highest BCUT2D eigenvalue weighted by Gasteiger charge is 2.28. The van der Waals surface area contributed by atoms with Crippen LogP contribution in [0.3, 0.4) is 0 Å². The van der Waals surface area contributed by atoms with Gasteiger partial charge in [0.2, 0.25) is 0 Å². The first-order valence-corrected chi connectivity index (χ1v) is 10.9. The molecule has 3 heterocycles. The number of carbonyl (C=O) groups excluding carboxylic acids is 1. The van der Waals surface area contributed by atoms with Crippen molar-refractivity contribution < 1.29 is 9.18 Å². The molecule has 0 aliphatic carbocycles. The van der Waals surface area contributed by atoms with Crippen molar-refractivity contribution in [1.29, 1.82) is 0 Å². The Labute approximate surface area is 189 Å². The number of amides is 1. The number of hydrogen-bond acceptors (Lipinski definition) is 5. The maximum absolute atomic E-state index is 13.2. The third kappa shape index (κ3) is 4.13. The van der Waals surface area contributed by atoms with Crippen molar-refractivity contribution in [1.82, 2.24) is 29.9 Å². The number of carbonyl (C=O) groups is 1. The highest BCUT2D eigenvalue weighted by Crippen LogP contribution is 2.26. The summed E-state index contributed by atoms with van der Waals surface area (Å²) in [5.41, 5.74) is 2.92. The number of nitrogens with zero attached hydrogens (tertiary/aromatic N) is 5. The van der Waals surface area contributed by atoms with Gasteiger partial charge in [0.1, 0.15) is 11.6 Å². The number of aromatic amines is 1. The van der Waals surface area contributed by atoms with Crippen LogP contribution in [0.1, 0.15) is 46.1 Å². The van der Waals surface area contributed by atoms with E-state index in [9.17, 15) is 14.0 Å². The highest BCUT2D eigenvalue weighted by atomic mass is 19.1. The largest absolute Gasteiger partial charge is 0.338 e. The molecule has 8 nitrogen and oxygen atoms in total. The van der Waals surface area contributed by atoms with Crippen LogP contribution in [0.2, 0.25) is 0 Å². The average molecular weight is 446 g/mol. The zero-order valence-corrected chi connectivity index (χ0v) is 18.2. The maximum atomic E-state index is 13.2. The van der Waals surface area contributed by atoms with Crippen molar-refractivity contribution in [2.45, 2.75) is 32.2 Å². The Kier molecular flexibility index (Phi) is 5.45. The third-order valence-electron chi connectivity index (χ3n) is 6.16. The summed E-state index contributed by atoms with van der Waals surface area (Å²) in [6, 6.07) is 13.5. The number of halogens is 1. The van der Waals surface area contributed by atoms with Crippen molar-refractivity contribution in [2.75, 3.05) is 13.1 Å². The van der Waals surface area contributed by atoms with Crippen LogP contribution in [0.5, 0.6) is 0 Å². The number of piperidine rings is 1. The number of benzene rings is 2. The van der Waals surface area contributed by atoms with Crippen molar-refractivity contribution in [2.24, 2.45) is 0 Å². The molecule has 168 valence electrons. The molecule has 2 aromatic carbocycles. The van der Waals surface area contributed by atoms with Gasteiger partial charge < -0.3 is 9.88 Å². The number of aryl methyl sites for hydroxylation is 1. The van der Waals surface area contributed by atoms with E-state index in [1.807, 2.05) is 31.2 Å². The Balaban J connectivity index is 1.43. The monoisotopic (exact) mass is 446 g/mol. The van der Waals surface area contributed by atoms with E-state index < -0.39 is 0 Å². The van der Waals surface area contributed by atoms with Gasteiger partial charge in [-0.15, -0.1) is 5.10 Å². The molecule has 1 fully saturated rings. The molecule has 1 atom stereocenters. The fourth-order valence-electron chi connectivity index (χ4n) is 4.29. The fourth-order valence-corrected chi connectivity index (χ4v) is 4.29. The Morgan fingerprint density at radius 1 is 1.18 bits per heavy atom. The fraction of sp³-hybridized carbons (Fsp3) is 0.292. The first kappa shape index (κ1) is 21.0. The molecule has 1 saturated heterocycles. The number of aromatic nitrogens is 5. The molecule has 1 unspecified atom stereocenters. The quantitative estimate of drug-likeness (QED) is 0.520. The van der Waals surface area contributed by atoms with E-state index in [4.69, 9.17) is 4.98 Å². The van der Waals surface area contributed by atoms with Gasteiger partial charge >= 0.3 is 0 Å². The van der Waals surface area contributed by atoms with Crippen LogP contribution in [0.4, 0.5) is 4.39 Å². The Morgan fingerprint density at radius 2 is 1.97 bits per heavy atom. The van der Waals surface area contributed by atoms with E-state index in [0.717, 1.165) is 24.0 Å². The summed E-state index contributed by atoms with van der Waals surface area (Å²) in [5, 5.41) is 8.19. The van der Waals surface area contributed by atoms with Gasteiger partial charge in [-0.2, -0.15) is 0 Å². The van der Waals surface area contributed by atoms with Crippen LogP contribution in [0.25, 0.3) is 11.2 Å². The standard InChI is InChI=1S/C24H23FN6O2/c1-15-5-2-3-6-17(15)14-31-22-20(28-29-31)23(32)27-21(26-22)18-7-4-12-30(13-18)24(33)16-8-10-19(25)11-9-16/h2-3,5-6,8-11,18H,4,7,12-14H2,1H3,(H,26,27,32). The van der Waals surface area contributed by atoms with Gasteiger partial charge in [0.15, 0.2) is 11.2 Å². The molecular weight excluding hydrogens is 423 g/mol. The number of likely N-dealkylation sites (tertiary alicyclic amines) is 1. The lowest BCUT2D eigenvalue weighted by atomic mass is 9.96. The molecule has 1 aliphatic rings. The van der Waals surface area contributed by atoms with Crippen LogP contribution >= 0.6 is 0 Å². The van der Waals surface area contributed by atoms with Gasteiger partial charge in [-0.05, 0) is 55.2 Å². The first-order chi connectivity index (χ1) is 16.0. The van der Waals surface area contributed by atoms with Crippen molar-refractivity contribution in [3.63, 3.8) is 0 Å². The molecule has 0 spiro atoms. The molecule has 2 aromatic heterocycles. The molecule has 1 amide bonds. The van der Waals surface area contributed by atoms with Crippen LogP contribution < -0.4 is 5.56 Å². The Morgan fingerprint density at radius 3 is 2.76 bits per heavy atom. The Bertz CT molecular complexity index is 1380. The molecule has 0 saturated carbocycles. The summed E-state index contributed by atoms with van der Waals surface area (Å²) in [4.78, 5) is 34.9. The van der Waals surface area contributed by atoms with E-state index in [1.54, 1.807) is 9.58 Å². The van der Waals surface area contributed by atoms with Crippen molar-refractivity contribution in [3.8, 4) is 0 Å². The van der Waals surface area contributed by atoms with Crippen LogP contribution in [-0.2, 0) is 6.54 Å². The smallest absolute Gasteiger partial charge is 0.281 e. The lowest BCUT2D eigenvalue weighted by Gasteiger charge is -2.32. The van der Waals surface area contributed by atoms with Gasteiger partial charge in [0.25, 0.3) is 11.5 Å². The molecular formula is C24H23FN6O2. The van der Waals surface area contributed by atoms with Gasteiger partial charge in [-0.25, -0.2) is 14.1 Å². The SMILES string of the molecule is Cc1ccccc1Cn1nnc2c(=O)[nH]c(C3CCCN(C(=O)c4ccc(F)cc4)C3)nc21. The lowest BCUT2D eigenvalue weighted by molar-refractivity contribution is 0.0704. The number of nitrogens with one attached hydrogen (secondary N) is 1. The molecule has 0 bridgehead atoms. The minimum Gasteiger partial charge on any atom is -0.338 e. The summed E-state index contributed by atoms with van der Waals surface area (Å²) in [6.07, 6.45) is 1.57. The lowest BCUT2D eigenvalue weighted by Crippen LogP contribution is -2.40. The molecule has 0 radical (unpaired) electrons. The minimum atomic E-state index is -0.380. The van der Waals surface area contributed by atoms with Crippen LogP contribution in [0, 0.1) is 12.7 Å². The number of H-pyrrole nitrogens is 1. The predicted octanol–water partition coefficient (Wildman–Crippen LogP) is 3.03. The zero-order chi connectivity index (χ0) is 22.9. The average Bonchev–Trinajstić information content (AvgIpc) is 3.24. The second kappa shape index (κ2) is 8.57. The van der Waals surface area contributed by atoms with Gasteiger partial charge in [-0.3, -0.25) is 9.59 Å². The van der Waals surface area contributed by atoms with E-state index in [-0.39, 0.29) is 28.7 Å². The Hall–Kier alpha value is -3.88. The summed E-state index contributed by atoms with van der Waals surface area (Å²) in [7, 11) is 0. The summed E-state index contributed by atoms with van der Waals surface area (Å²) in [6.45, 7) is 3.50. The molecule has 33 heavy (non-hydrogen) atoms. The van der Waals surface area contributed by atoms with E-state index in [0.29, 0.717) is 36.7 Å². The zero-order valence-electron chi connectivity index (χ0n) is 18.2. The molecule has 9 heteroatoms. The summed E-state index contributed by atoms with van der Waals surface area (Å²) < 4.78 is 14.9. The van der Waals surface area contributed by atoms with E-state index in [1.165, 1.54) is 24.3 Å². The predicted molar refractivity (Wildman–Crippen MR) is 121 cm³/mol. The third-order valence-corrected chi connectivity index (χ3v) is 6.16. The number of fused-ring (bicyclic) bond motifs is 1. The molecule has 1 aliphatic heterocycles. The number of hydrogen-bond donors (Lipinski definition) is 1. The number of rotatable bonds is 4. The first-order valence-electron chi connectivity index (χ1n) is 10.9. The topological polar surface area (TPSA) is 96.8 Å². The molecule has 5 rings (SSSR count). The van der Waals surface area contributed by atoms with Crippen molar-refractivity contribution in [3.05, 3.63) is 87.2 Å². The summed E-state index contributed by atoms with van der Waals surface area (Å²) in [5.74, 6) is -0.136. The molecule has 4 aromatic rings. The maximum Gasteiger partial charge on any atom is 0.281 e. The summed E-state index contributed by atoms with van der Waals surface area (Å²) >= 11 is 0. The highest BCUT2D eigenvalue weighted by molar-refractivity contribution is 5.94. The van der Waals surface area contributed by atoms with Gasteiger partial charge in [0, 0.05) is 24.6 Å². The van der Waals surface area contributed by atoms with E-state index in [2.05, 4.69) is 15.3 Å². The van der Waals surface area contributed by atoms with Gasteiger partial charge in [-0.1, -0.05) is 29.5 Å². The van der Waals surface area contributed by atoms with Gasteiger partial charge in [0.05, 0.1) is 6.54 Å². The normalized spacial score (nSPS) is 16.3. The second-order valence-corrected chi connectivity index (χ2v) is 8.39. The second-order valence-electron chi connectivity index (χ2n) is 8.39. The molecule has 1 N–H and O–H groups in total.